The SMILES string of the molecule is CC1(C)C(C=C(Cl)Cl)C1C(=O)OC(C#N)c1cc2c(cc1[N+](=O)[O-])OCO2. The Bertz CT molecular complexity index is 888. The van der Waals surface area contributed by atoms with E-state index in [-0.39, 0.29) is 34.3 Å². The standard InChI is InChI=1S/C17H14Cl2N2O6/c1-17(2)9(4-14(18)19)15(17)16(22)27-13(6-20)8-3-11-12(26-7-25-11)5-10(8)21(23)24/h3-5,9,13,15H,7H2,1-2H3. The number of nitriles is 1. The first-order valence-electron chi connectivity index (χ1n) is 7.87. The third-order valence-electron chi connectivity index (χ3n) is 4.82. The van der Waals surface area contributed by atoms with Gasteiger partial charge in [-0.2, -0.15) is 5.26 Å². The zero-order valence-electron chi connectivity index (χ0n) is 14.3. The smallest absolute Gasteiger partial charge is 0.311 e. The van der Waals surface area contributed by atoms with Gasteiger partial charge in [-0.25, -0.2) is 0 Å². The van der Waals surface area contributed by atoms with Gasteiger partial charge in [0.15, 0.2) is 11.5 Å². The highest BCUT2D eigenvalue weighted by atomic mass is 35.5. The first-order valence-corrected chi connectivity index (χ1v) is 8.63. The molecular weight excluding hydrogens is 399 g/mol. The lowest BCUT2D eigenvalue weighted by Gasteiger charge is -2.13. The molecule has 8 nitrogen and oxygen atoms in total. The molecule has 142 valence electrons. The van der Waals surface area contributed by atoms with Crippen molar-refractivity contribution in [2.24, 2.45) is 17.3 Å². The van der Waals surface area contributed by atoms with Crippen molar-refractivity contribution in [1.82, 2.24) is 0 Å². The minimum absolute atomic E-state index is 0.0339. The molecule has 1 aliphatic carbocycles. The quantitative estimate of drug-likeness (QED) is 0.407. The molecule has 1 saturated carbocycles. The van der Waals surface area contributed by atoms with Gasteiger partial charge in [-0.15, -0.1) is 0 Å². The molecule has 1 fully saturated rings. The molecule has 0 bridgehead atoms. The number of hydrogen-bond acceptors (Lipinski definition) is 7. The molecule has 0 amide bonds. The monoisotopic (exact) mass is 412 g/mol. The summed E-state index contributed by atoms with van der Waals surface area (Å²) in [6.45, 7) is 3.58. The Balaban J connectivity index is 1.87. The number of rotatable bonds is 5. The molecule has 0 aromatic heterocycles. The fourth-order valence-corrected chi connectivity index (χ4v) is 3.51. The highest BCUT2D eigenvalue weighted by Gasteiger charge is 2.62. The Morgan fingerprint density at radius 1 is 1.44 bits per heavy atom. The van der Waals surface area contributed by atoms with Crippen LogP contribution in [-0.2, 0) is 9.53 Å². The highest BCUT2D eigenvalue weighted by molar-refractivity contribution is 6.55. The molecule has 0 N–H and O–H groups in total. The van der Waals surface area contributed by atoms with Crippen molar-refractivity contribution < 1.29 is 23.9 Å². The lowest BCUT2D eigenvalue weighted by Crippen LogP contribution is -2.15. The largest absolute Gasteiger partial charge is 0.454 e. The molecular formula is C17H14Cl2N2O6. The van der Waals surface area contributed by atoms with E-state index in [1.165, 1.54) is 6.07 Å². The number of nitrogens with zero attached hydrogens (tertiary/aromatic N) is 2. The summed E-state index contributed by atoms with van der Waals surface area (Å²) >= 11 is 11.3. The number of benzene rings is 1. The van der Waals surface area contributed by atoms with E-state index >= 15 is 0 Å². The normalized spacial score (nSPS) is 22.3. The predicted molar refractivity (Wildman–Crippen MR) is 94.2 cm³/mol. The van der Waals surface area contributed by atoms with Crippen molar-refractivity contribution in [3.8, 4) is 17.6 Å². The molecule has 3 atom stereocenters. The van der Waals surface area contributed by atoms with Gasteiger partial charge in [0.05, 0.1) is 22.5 Å². The van der Waals surface area contributed by atoms with Gasteiger partial charge in [0.2, 0.25) is 12.9 Å². The molecule has 2 aliphatic rings. The maximum absolute atomic E-state index is 12.6. The molecule has 0 saturated heterocycles. The topological polar surface area (TPSA) is 112 Å². The van der Waals surface area contributed by atoms with E-state index < -0.39 is 34.0 Å². The maximum atomic E-state index is 12.6. The minimum atomic E-state index is -1.47. The molecule has 27 heavy (non-hydrogen) atoms. The lowest BCUT2D eigenvalue weighted by molar-refractivity contribution is -0.386. The Morgan fingerprint density at radius 2 is 2.07 bits per heavy atom. The molecule has 3 unspecified atom stereocenters. The highest BCUT2D eigenvalue weighted by Crippen LogP contribution is 2.60. The van der Waals surface area contributed by atoms with Crippen molar-refractivity contribution in [1.29, 1.82) is 5.26 Å². The summed E-state index contributed by atoms with van der Waals surface area (Å²) in [5.74, 6) is -1.03. The molecule has 1 aromatic carbocycles. The lowest BCUT2D eigenvalue weighted by atomic mass is 10.1. The van der Waals surface area contributed by atoms with Crippen LogP contribution in [0, 0.1) is 38.7 Å². The van der Waals surface area contributed by atoms with E-state index in [0.717, 1.165) is 6.07 Å². The van der Waals surface area contributed by atoms with E-state index in [0.29, 0.717) is 0 Å². The van der Waals surface area contributed by atoms with Crippen LogP contribution in [0.25, 0.3) is 0 Å². The van der Waals surface area contributed by atoms with Gasteiger partial charge in [0.1, 0.15) is 10.6 Å². The summed E-state index contributed by atoms with van der Waals surface area (Å²) in [6.07, 6.45) is 0.0688. The van der Waals surface area contributed by atoms with Crippen LogP contribution < -0.4 is 9.47 Å². The van der Waals surface area contributed by atoms with Crippen molar-refractivity contribution in [2.45, 2.75) is 20.0 Å². The van der Waals surface area contributed by atoms with Crippen molar-refractivity contribution in [3.63, 3.8) is 0 Å². The van der Waals surface area contributed by atoms with E-state index in [2.05, 4.69) is 0 Å². The van der Waals surface area contributed by atoms with Crippen molar-refractivity contribution >= 4 is 34.9 Å². The molecule has 0 spiro atoms. The van der Waals surface area contributed by atoms with E-state index in [1.807, 2.05) is 13.8 Å². The van der Waals surface area contributed by atoms with Crippen LogP contribution in [0.4, 0.5) is 5.69 Å². The zero-order chi connectivity index (χ0) is 19.9. The number of carbonyl (C=O) groups excluding carboxylic acids is 1. The zero-order valence-corrected chi connectivity index (χ0v) is 15.8. The Hall–Kier alpha value is -2.50. The van der Waals surface area contributed by atoms with Crippen LogP contribution >= 0.6 is 23.2 Å². The number of fused-ring (bicyclic) bond motifs is 1. The van der Waals surface area contributed by atoms with Crippen LogP contribution in [0.3, 0.4) is 0 Å². The Morgan fingerprint density at radius 3 is 2.63 bits per heavy atom. The summed E-state index contributed by atoms with van der Waals surface area (Å²) in [4.78, 5) is 23.3. The molecule has 1 aliphatic heterocycles. The number of allylic oxidation sites excluding steroid dienone is 1. The van der Waals surface area contributed by atoms with Crippen LogP contribution in [0.2, 0.25) is 0 Å². The maximum Gasteiger partial charge on any atom is 0.311 e. The van der Waals surface area contributed by atoms with E-state index in [9.17, 15) is 20.2 Å². The summed E-state index contributed by atoms with van der Waals surface area (Å²) < 4.78 is 15.6. The number of ether oxygens (including phenoxy) is 3. The van der Waals surface area contributed by atoms with Crippen LogP contribution in [0.1, 0.15) is 25.5 Å². The van der Waals surface area contributed by atoms with Crippen LogP contribution in [0.15, 0.2) is 22.7 Å². The van der Waals surface area contributed by atoms with Gasteiger partial charge in [-0.05, 0) is 23.5 Å². The molecule has 10 heteroatoms. The fourth-order valence-electron chi connectivity index (χ4n) is 3.24. The van der Waals surface area contributed by atoms with Crippen LogP contribution in [-0.4, -0.2) is 17.7 Å². The molecule has 0 radical (unpaired) electrons. The fraction of sp³-hybridized carbons (Fsp3) is 0.412. The summed E-state index contributed by atoms with van der Waals surface area (Å²) in [7, 11) is 0. The average Bonchev–Trinajstić information content (AvgIpc) is 2.94. The van der Waals surface area contributed by atoms with Crippen molar-refractivity contribution in [3.05, 3.63) is 38.4 Å². The Kier molecular flexibility index (Phi) is 4.93. The number of halogens is 2. The van der Waals surface area contributed by atoms with Crippen LogP contribution in [0.5, 0.6) is 11.5 Å². The molecule has 3 rings (SSSR count). The van der Waals surface area contributed by atoms with Crippen molar-refractivity contribution in [2.75, 3.05) is 6.79 Å². The first kappa shape index (κ1) is 19.3. The third-order valence-corrected chi connectivity index (χ3v) is 5.07. The second-order valence-corrected chi connectivity index (χ2v) is 7.76. The van der Waals surface area contributed by atoms with Gasteiger partial charge < -0.3 is 14.2 Å². The summed E-state index contributed by atoms with van der Waals surface area (Å²) in [5.41, 5.74) is -0.928. The number of esters is 1. The van der Waals surface area contributed by atoms with Gasteiger partial charge in [-0.3, -0.25) is 14.9 Å². The molecule has 1 heterocycles. The average molecular weight is 413 g/mol. The third kappa shape index (κ3) is 3.53. The minimum Gasteiger partial charge on any atom is -0.454 e. The summed E-state index contributed by atoms with van der Waals surface area (Å²) in [6, 6.07) is 4.22. The van der Waals surface area contributed by atoms with Gasteiger partial charge >= 0.3 is 5.97 Å². The Labute approximate surface area is 164 Å². The second kappa shape index (κ2) is 6.91. The predicted octanol–water partition coefficient (Wildman–Crippen LogP) is 4.02. The van der Waals surface area contributed by atoms with Gasteiger partial charge in [0.25, 0.3) is 5.69 Å². The van der Waals surface area contributed by atoms with Gasteiger partial charge in [0, 0.05) is 0 Å². The second-order valence-electron chi connectivity index (χ2n) is 6.75. The van der Waals surface area contributed by atoms with E-state index in [1.54, 1.807) is 12.1 Å². The molecule has 1 aromatic rings. The van der Waals surface area contributed by atoms with Gasteiger partial charge in [-0.1, -0.05) is 37.0 Å². The number of nitro groups is 1. The number of nitro benzene ring substituents is 1. The summed E-state index contributed by atoms with van der Waals surface area (Å²) in [5, 5.41) is 20.8. The first-order chi connectivity index (χ1) is 12.7. The number of carbonyl (C=O) groups is 1. The number of hydrogen-bond donors (Lipinski definition) is 0. The van der Waals surface area contributed by atoms with E-state index in [4.69, 9.17) is 37.4 Å².